The summed E-state index contributed by atoms with van der Waals surface area (Å²) in [5.74, 6) is -0.156. The van der Waals surface area contributed by atoms with E-state index in [9.17, 15) is 9.59 Å². The van der Waals surface area contributed by atoms with Gasteiger partial charge in [0.1, 0.15) is 0 Å². The number of anilines is 1. The summed E-state index contributed by atoms with van der Waals surface area (Å²) in [5.41, 5.74) is 2.14. The van der Waals surface area contributed by atoms with E-state index >= 15 is 0 Å². The third-order valence-electron chi connectivity index (χ3n) is 3.26. The lowest BCUT2D eigenvalue weighted by Gasteiger charge is -2.17. The van der Waals surface area contributed by atoms with Crippen LogP contribution in [0.15, 0.2) is 33.6 Å². The van der Waals surface area contributed by atoms with Crippen LogP contribution in [0.2, 0.25) is 0 Å². The molecule has 0 unspecified atom stereocenters. The van der Waals surface area contributed by atoms with Gasteiger partial charge in [-0.25, -0.2) is 9.59 Å². The predicted octanol–water partition coefficient (Wildman–Crippen LogP) is 0.678. The average Bonchev–Trinajstić information content (AvgIpc) is 3.05. The van der Waals surface area contributed by atoms with Crippen LogP contribution in [0.5, 0.6) is 0 Å². The standard InChI is InChI=1S/C13H14N4O3/c18-12(14-7-5-11-15-13(19)20-16-11)17-8-6-9-3-1-2-4-10(9)17/h1-4H,5-8H2,(H,14,18)(H,15,16,19). The van der Waals surface area contributed by atoms with Crippen LogP contribution < -0.4 is 16.0 Å². The molecule has 104 valence electrons. The van der Waals surface area contributed by atoms with Crippen molar-refractivity contribution in [2.75, 3.05) is 18.0 Å². The number of fused-ring (bicyclic) bond motifs is 1. The number of aromatic amines is 1. The highest BCUT2D eigenvalue weighted by Crippen LogP contribution is 2.27. The number of rotatable bonds is 3. The number of aromatic nitrogens is 2. The molecular weight excluding hydrogens is 260 g/mol. The maximum absolute atomic E-state index is 12.1. The van der Waals surface area contributed by atoms with Gasteiger partial charge < -0.3 is 5.32 Å². The van der Waals surface area contributed by atoms with Crippen LogP contribution in [0.3, 0.4) is 0 Å². The molecule has 0 aliphatic carbocycles. The second-order valence-corrected chi connectivity index (χ2v) is 4.55. The fourth-order valence-electron chi connectivity index (χ4n) is 2.30. The summed E-state index contributed by atoms with van der Waals surface area (Å²) in [7, 11) is 0. The molecule has 2 N–H and O–H groups in total. The number of carbonyl (C=O) groups excluding carboxylic acids is 1. The molecule has 20 heavy (non-hydrogen) atoms. The molecule has 0 radical (unpaired) electrons. The summed E-state index contributed by atoms with van der Waals surface area (Å²) in [5, 5.41) is 6.34. The van der Waals surface area contributed by atoms with Gasteiger partial charge in [-0.3, -0.25) is 14.4 Å². The van der Waals surface area contributed by atoms with E-state index < -0.39 is 5.76 Å². The Kier molecular flexibility index (Phi) is 3.24. The number of H-pyrrole nitrogens is 1. The molecule has 0 saturated carbocycles. The topological polar surface area (TPSA) is 91.2 Å². The Hall–Kier alpha value is -2.57. The van der Waals surface area contributed by atoms with Crippen molar-refractivity contribution in [2.24, 2.45) is 0 Å². The highest BCUT2D eigenvalue weighted by atomic mass is 16.5. The highest BCUT2D eigenvalue weighted by Gasteiger charge is 2.23. The van der Waals surface area contributed by atoms with Crippen molar-refractivity contribution in [3.8, 4) is 0 Å². The Balaban J connectivity index is 1.57. The van der Waals surface area contributed by atoms with Crippen LogP contribution in [0.4, 0.5) is 10.5 Å². The summed E-state index contributed by atoms with van der Waals surface area (Å²) >= 11 is 0. The SMILES string of the molecule is O=C(NCCc1noc(=O)[nH]1)N1CCc2ccccc21. The molecule has 2 aromatic rings. The maximum Gasteiger partial charge on any atom is 0.438 e. The lowest BCUT2D eigenvalue weighted by atomic mass is 10.2. The summed E-state index contributed by atoms with van der Waals surface area (Å²) in [6.07, 6.45) is 1.30. The summed E-state index contributed by atoms with van der Waals surface area (Å²) in [6.45, 7) is 1.08. The zero-order chi connectivity index (χ0) is 13.9. The van der Waals surface area contributed by atoms with E-state index in [1.807, 2.05) is 24.3 Å². The fourth-order valence-corrected chi connectivity index (χ4v) is 2.30. The molecular formula is C13H14N4O3. The van der Waals surface area contributed by atoms with E-state index in [1.54, 1.807) is 4.90 Å². The van der Waals surface area contributed by atoms with Crippen molar-refractivity contribution < 1.29 is 9.32 Å². The number of benzene rings is 1. The minimum absolute atomic E-state index is 0.138. The van der Waals surface area contributed by atoms with Crippen LogP contribution in [-0.4, -0.2) is 29.3 Å². The van der Waals surface area contributed by atoms with Gasteiger partial charge in [0.25, 0.3) is 0 Å². The zero-order valence-corrected chi connectivity index (χ0v) is 10.8. The number of hydrogen-bond donors (Lipinski definition) is 2. The Morgan fingerprint density at radius 3 is 3.10 bits per heavy atom. The molecule has 1 aliphatic heterocycles. The summed E-state index contributed by atoms with van der Waals surface area (Å²) < 4.78 is 4.38. The van der Waals surface area contributed by atoms with Crippen molar-refractivity contribution >= 4 is 11.7 Å². The molecule has 0 atom stereocenters. The molecule has 0 fully saturated rings. The number of urea groups is 1. The van der Waals surface area contributed by atoms with E-state index in [4.69, 9.17) is 0 Å². The average molecular weight is 274 g/mol. The minimum atomic E-state index is -0.584. The number of para-hydroxylation sites is 1. The maximum atomic E-state index is 12.1. The van der Waals surface area contributed by atoms with Crippen LogP contribution in [0.1, 0.15) is 11.4 Å². The number of hydrogen-bond acceptors (Lipinski definition) is 4. The van der Waals surface area contributed by atoms with Gasteiger partial charge in [-0.15, -0.1) is 0 Å². The largest absolute Gasteiger partial charge is 0.438 e. The van der Waals surface area contributed by atoms with E-state index in [0.29, 0.717) is 25.3 Å². The van der Waals surface area contributed by atoms with Crippen molar-refractivity contribution in [1.82, 2.24) is 15.5 Å². The van der Waals surface area contributed by atoms with E-state index in [-0.39, 0.29) is 6.03 Å². The van der Waals surface area contributed by atoms with Crippen molar-refractivity contribution in [3.05, 3.63) is 46.2 Å². The summed E-state index contributed by atoms with van der Waals surface area (Å²) in [6, 6.07) is 7.73. The number of nitrogens with one attached hydrogen (secondary N) is 2. The number of carbonyl (C=O) groups is 1. The van der Waals surface area contributed by atoms with Gasteiger partial charge in [0.2, 0.25) is 0 Å². The molecule has 3 rings (SSSR count). The van der Waals surface area contributed by atoms with Crippen LogP contribution in [0, 0.1) is 0 Å². The normalized spacial score (nSPS) is 13.3. The predicted molar refractivity (Wildman–Crippen MR) is 71.7 cm³/mol. The smallest absolute Gasteiger partial charge is 0.337 e. The first-order chi connectivity index (χ1) is 9.74. The Morgan fingerprint density at radius 1 is 1.45 bits per heavy atom. The van der Waals surface area contributed by atoms with Gasteiger partial charge in [0, 0.05) is 25.2 Å². The molecule has 2 amide bonds. The minimum Gasteiger partial charge on any atom is -0.337 e. The molecule has 0 spiro atoms. The van der Waals surface area contributed by atoms with Gasteiger partial charge in [0.15, 0.2) is 5.82 Å². The van der Waals surface area contributed by atoms with Gasteiger partial charge in [-0.2, -0.15) is 0 Å². The van der Waals surface area contributed by atoms with Crippen LogP contribution >= 0.6 is 0 Å². The molecule has 1 aromatic carbocycles. The van der Waals surface area contributed by atoms with Gasteiger partial charge >= 0.3 is 11.8 Å². The van der Waals surface area contributed by atoms with Crippen molar-refractivity contribution in [2.45, 2.75) is 12.8 Å². The molecule has 1 aliphatic rings. The van der Waals surface area contributed by atoms with Crippen LogP contribution in [-0.2, 0) is 12.8 Å². The Morgan fingerprint density at radius 2 is 2.30 bits per heavy atom. The number of amides is 2. The van der Waals surface area contributed by atoms with Crippen molar-refractivity contribution in [1.29, 1.82) is 0 Å². The second kappa shape index (κ2) is 5.20. The first kappa shape index (κ1) is 12.5. The lowest BCUT2D eigenvalue weighted by Crippen LogP contribution is -2.39. The van der Waals surface area contributed by atoms with Crippen molar-refractivity contribution in [3.63, 3.8) is 0 Å². The summed E-state index contributed by atoms with van der Waals surface area (Å²) in [4.78, 5) is 27.0. The molecule has 7 heteroatoms. The van der Waals surface area contributed by atoms with E-state index in [0.717, 1.165) is 12.1 Å². The fraction of sp³-hybridized carbons (Fsp3) is 0.308. The molecule has 2 heterocycles. The molecule has 0 saturated heterocycles. The molecule has 0 bridgehead atoms. The zero-order valence-electron chi connectivity index (χ0n) is 10.8. The monoisotopic (exact) mass is 274 g/mol. The van der Waals surface area contributed by atoms with Crippen LogP contribution in [0.25, 0.3) is 0 Å². The van der Waals surface area contributed by atoms with Gasteiger partial charge in [-0.05, 0) is 18.1 Å². The second-order valence-electron chi connectivity index (χ2n) is 4.55. The Labute approximate surface area is 114 Å². The highest BCUT2D eigenvalue weighted by molar-refractivity contribution is 5.94. The first-order valence-corrected chi connectivity index (χ1v) is 6.42. The first-order valence-electron chi connectivity index (χ1n) is 6.42. The van der Waals surface area contributed by atoms with E-state index in [1.165, 1.54) is 5.56 Å². The van der Waals surface area contributed by atoms with Gasteiger partial charge in [0.05, 0.1) is 0 Å². The molecule has 7 nitrogen and oxygen atoms in total. The quantitative estimate of drug-likeness (QED) is 0.861. The number of nitrogens with zero attached hydrogens (tertiary/aromatic N) is 2. The van der Waals surface area contributed by atoms with E-state index in [2.05, 4.69) is 20.0 Å². The third-order valence-corrected chi connectivity index (χ3v) is 3.26. The third kappa shape index (κ3) is 2.42. The Bertz CT molecular complexity index is 676. The van der Waals surface area contributed by atoms with Gasteiger partial charge in [-0.1, -0.05) is 23.4 Å². The lowest BCUT2D eigenvalue weighted by molar-refractivity contribution is 0.247. The molecule has 1 aromatic heterocycles.